The van der Waals surface area contributed by atoms with Crippen LogP contribution in [0.4, 0.5) is 0 Å². The van der Waals surface area contributed by atoms with Crippen LogP contribution in [0.3, 0.4) is 0 Å². The zero-order valence-corrected chi connectivity index (χ0v) is 13.8. The smallest absolute Gasteiger partial charge is 0.119 e. The summed E-state index contributed by atoms with van der Waals surface area (Å²) in [6.45, 7) is 1.77. The van der Waals surface area contributed by atoms with Crippen molar-refractivity contribution in [1.82, 2.24) is 4.90 Å². The first-order valence-electron chi connectivity index (χ1n) is 7.85. The van der Waals surface area contributed by atoms with Gasteiger partial charge in [0, 0.05) is 13.1 Å². The van der Waals surface area contributed by atoms with E-state index >= 15 is 0 Å². The summed E-state index contributed by atoms with van der Waals surface area (Å²) in [5.74, 6) is 1.52. The molecule has 0 aliphatic rings. The summed E-state index contributed by atoms with van der Waals surface area (Å²) < 4.78 is 10.7. The van der Waals surface area contributed by atoms with Crippen LogP contribution in [0.25, 0.3) is 0 Å². The van der Waals surface area contributed by atoms with Crippen molar-refractivity contribution in [3.8, 4) is 11.5 Å². The van der Waals surface area contributed by atoms with E-state index in [-0.39, 0.29) is 6.61 Å². The van der Waals surface area contributed by atoms with Crippen molar-refractivity contribution in [2.24, 2.45) is 0 Å². The van der Waals surface area contributed by atoms with Gasteiger partial charge >= 0.3 is 0 Å². The van der Waals surface area contributed by atoms with E-state index in [0.717, 1.165) is 24.5 Å². The minimum atomic E-state index is -0.516. The summed E-state index contributed by atoms with van der Waals surface area (Å²) in [4.78, 5) is 2.12. The van der Waals surface area contributed by atoms with E-state index in [9.17, 15) is 5.11 Å². The van der Waals surface area contributed by atoms with E-state index in [1.165, 1.54) is 5.56 Å². The Labute approximate surface area is 138 Å². The lowest BCUT2D eigenvalue weighted by Crippen LogP contribution is -2.34. The van der Waals surface area contributed by atoms with E-state index in [0.29, 0.717) is 6.54 Å². The first kappa shape index (κ1) is 17.3. The van der Waals surface area contributed by atoms with Crippen molar-refractivity contribution in [2.75, 3.05) is 33.9 Å². The predicted molar refractivity (Wildman–Crippen MR) is 92.1 cm³/mol. The van der Waals surface area contributed by atoms with Crippen molar-refractivity contribution >= 4 is 0 Å². The maximum Gasteiger partial charge on any atom is 0.119 e. The molecule has 1 N–H and O–H groups in total. The van der Waals surface area contributed by atoms with Crippen LogP contribution in [0.15, 0.2) is 54.6 Å². The molecule has 4 heteroatoms. The highest BCUT2D eigenvalue weighted by atomic mass is 16.5. The van der Waals surface area contributed by atoms with Gasteiger partial charge in [0.25, 0.3) is 0 Å². The molecule has 0 spiro atoms. The van der Waals surface area contributed by atoms with Gasteiger partial charge in [-0.1, -0.05) is 30.3 Å². The summed E-state index contributed by atoms with van der Waals surface area (Å²) in [5.41, 5.74) is 1.31. The maximum absolute atomic E-state index is 10.1. The van der Waals surface area contributed by atoms with Crippen LogP contribution < -0.4 is 9.47 Å². The number of nitrogens with zero attached hydrogens (tertiary/aromatic N) is 1. The highest BCUT2D eigenvalue weighted by Gasteiger charge is 2.09. The molecule has 0 radical (unpaired) electrons. The SMILES string of the molecule is COc1ccc(OCC(O)CN(C)CCc2ccccc2)cc1. The van der Waals surface area contributed by atoms with E-state index in [1.54, 1.807) is 7.11 Å². The Balaban J connectivity index is 1.67. The van der Waals surface area contributed by atoms with Crippen LogP contribution in [0, 0.1) is 0 Å². The van der Waals surface area contributed by atoms with E-state index < -0.39 is 6.10 Å². The van der Waals surface area contributed by atoms with E-state index in [2.05, 4.69) is 17.0 Å². The Morgan fingerprint density at radius 3 is 2.30 bits per heavy atom. The fraction of sp³-hybridized carbons (Fsp3) is 0.368. The van der Waals surface area contributed by atoms with Crippen molar-refractivity contribution < 1.29 is 14.6 Å². The second-order valence-electron chi connectivity index (χ2n) is 5.64. The third-order valence-corrected chi connectivity index (χ3v) is 3.65. The van der Waals surface area contributed by atoms with Gasteiger partial charge in [-0.2, -0.15) is 0 Å². The molecule has 2 rings (SSSR count). The van der Waals surface area contributed by atoms with Crippen LogP contribution >= 0.6 is 0 Å². The number of benzene rings is 2. The number of rotatable bonds is 9. The molecule has 0 heterocycles. The molecule has 124 valence electrons. The molecule has 0 bridgehead atoms. The predicted octanol–water partition coefficient (Wildman–Crippen LogP) is 2.61. The van der Waals surface area contributed by atoms with Crippen molar-refractivity contribution in [1.29, 1.82) is 0 Å². The minimum absolute atomic E-state index is 0.280. The molecule has 1 unspecified atom stereocenters. The molecule has 0 aliphatic heterocycles. The van der Waals surface area contributed by atoms with Crippen molar-refractivity contribution in [3.05, 3.63) is 60.2 Å². The molecule has 0 aliphatic carbocycles. The summed E-state index contributed by atoms with van der Waals surface area (Å²) in [6.07, 6.45) is 0.460. The van der Waals surface area contributed by atoms with Gasteiger partial charge < -0.3 is 19.5 Å². The lowest BCUT2D eigenvalue weighted by molar-refractivity contribution is 0.0767. The minimum Gasteiger partial charge on any atom is -0.497 e. The highest BCUT2D eigenvalue weighted by molar-refractivity contribution is 5.31. The molecule has 1 atom stereocenters. The molecule has 23 heavy (non-hydrogen) atoms. The fourth-order valence-corrected chi connectivity index (χ4v) is 2.33. The van der Waals surface area contributed by atoms with Crippen molar-refractivity contribution in [3.63, 3.8) is 0 Å². The molecule has 0 fully saturated rings. The number of aliphatic hydroxyl groups excluding tert-OH is 1. The van der Waals surface area contributed by atoms with Gasteiger partial charge in [-0.25, -0.2) is 0 Å². The number of hydrogen-bond donors (Lipinski definition) is 1. The summed E-state index contributed by atoms with van der Waals surface area (Å²) >= 11 is 0. The normalized spacial score (nSPS) is 12.2. The maximum atomic E-state index is 10.1. The molecule has 0 saturated heterocycles. The number of methoxy groups -OCH3 is 1. The number of aliphatic hydroxyl groups is 1. The third kappa shape index (κ3) is 6.30. The van der Waals surface area contributed by atoms with E-state index in [1.807, 2.05) is 49.5 Å². The van der Waals surface area contributed by atoms with E-state index in [4.69, 9.17) is 9.47 Å². The molecule has 2 aromatic carbocycles. The number of likely N-dealkylation sites (N-methyl/N-ethyl adjacent to an activating group) is 1. The summed E-state index contributed by atoms with van der Waals surface area (Å²) in [6, 6.07) is 17.7. The quantitative estimate of drug-likeness (QED) is 0.772. The van der Waals surface area contributed by atoms with Crippen LogP contribution in [0.5, 0.6) is 11.5 Å². The van der Waals surface area contributed by atoms with Gasteiger partial charge in [0.05, 0.1) is 7.11 Å². The van der Waals surface area contributed by atoms with Crippen LogP contribution in [-0.2, 0) is 6.42 Å². The first-order chi connectivity index (χ1) is 11.2. The van der Waals surface area contributed by atoms with Crippen LogP contribution in [0.2, 0.25) is 0 Å². The summed E-state index contributed by atoms with van der Waals surface area (Å²) in [5, 5.41) is 10.1. The molecular weight excluding hydrogens is 290 g/mol. The molecule has 0 amide bonds. The lowest BCUT2D eigenvalue weighted by Gasteiger charge is -2.20. The zero-order valence-electron chi connectivity index (χ0n) is 13.8. The van der Waals surface area contributed by atoms with Crippen LogP contribution in [0.1, 0.15) is 5.56 Å². The number of hydrogen-bond acceptors (Lipinski definition) is 4. The molecular formula is C19H25NO3. The largest absolute Gasteiger partial charge is 0.497 e. The second kappa shape index (κ2) is 9.18. The first-order valence-corrected chi connectivity index (χ1v) is 7.85. The van der Waals surface area contributed by atoms with Gasteiger partial charge in [-0.15, -0.1) is 0 Å². The Hall–Kier alpha value is -2.04. The van der Waals surface area contributed by atoms with Gasteiger partial charge in [-0.3, -0.25) is 0 Å². The monoisotopic (exact) mass is 315 g/mol. The topological polar surface area (TPSA) is 41.9 Å². The standard InChI is InChI=1S/C19H25NO3/c1-20(13-12-16-6-4-3-5-7-16)14-17(21)15-23-19-10-8-18(22-2)9-11-19/h3-11,17,21H,12-15H2,1-2H3. The molecule has 2 aromatic rings. The van der Waals surface area contributed by atoms with Gasteiger partial charge in [0.15, 0.2) is 0 Å². The molecule has 0 aromatic heterocycles. The van der Waals surface area contributed by atoms with Gasteiger partial charge in [0.1, 0.15) is 24.2 Å². The average molecular weight is 315 g/mol. The highest BCUT2D eigenvalue weighted by Crippen LogP contribution is 2.17. The Morgan fingerprint density at radius 2 is 1.65 bits per heavy atom. The summed E-state index contributed by atoms with van der Waals surface area (Å²) in [7, 11) is 3.64. The zero-order chi connectivity index (χ0) is 16.5. The van der Waals surface area contributed by atoms with Crippen LogP contribution in [-0.4, -0.2) is 50.0 Å². The lowest BCUT2D eigenvalue weighted by atomic mass is 10.1. The fourth-order valence-electron chi connectivity index (χ4n) is 2.33. The molecule has 0 saturated carbocycles. The van der Waals surface area contributed by atoms with Gasteiger partial charge in [0.2, 0.25) is 0 Å². The van der Waals surface area contributed by atoms with Gasteiger partial charge in [-0.05, 0) is 43.3 Å². The average Bonchev–Trinajstić information content (AvgIpc) is 2.59. The Bertz CT molecular complexity index is 557. The number of ether oxygens (including phenoxy) is 2. The Kier molecular flexibility index (Phi) is 6.91. The second-order valence-corrected chi connectivity index (χ2v) is 5.64. The molecule has 4 nitrogen and oxygen atoms in total. The van der Waals surface area contributed by atoms with Crippen molar-refractivity contribution in [2.45, 2.75) is 12.5 Å². The Morgan fingerprint density at radius 1 is 1.00 bits per heavy atom. The third-order valence-electron chi connectivity index (χ3n) is 3.65.